The highest BCUT2D eigenvalue weighted by molar-refractivity contribution is 8.15. The second kappa shape index (κ2) is 8.00. The summed E-state index contributed by atoms with van der Waals surface area (Å²) in [5.74, 6) is 0.249. The minimum absolute atomic E-state index is 0.00727. The molecule has 3 rings (SSSR count). The van der Waals surface area contributed by atoms with Gasteiger partial charge in [-0.1, -0.05) is 37.6 Å². The molecule has 2 atom stereocenters. The number of hydrogen-bond acceptors (Lipinski definition) is 6. The number of nitrogens with one attached hydrogen (secondary N) is 2. The van der Waals surface area contributed by atoms with Gasteiger partial charge in [0.15, 0.2) is 15.0 Å². The van der Waals surface area contributed by atoms with Gasteiger partial charge in [0.25, 0.3) is 5.91 Å². The van der Waals surface area contributed by atoms with Crippen molar-refractivity contribution in [2.75, 3.05) is 23.4 Å². The van der Waals surface area contributed by atoms with E-state index in [9.17, 15) is 13.2 Å². The van der Waals surface area contributed by atoms with Crippen molar-refractivity contribution in [3.8, 4) is 0 Å². The highest BCUT2D eigenvalue weighted by atomic mass is 32.2. The average molecular weight is 396 g/mol. The second-order valence-electron chi connectivity index (χ2n) is 6.85. The van der Waals surface area contributed by atoms with Crippen molar-refractivity contribution in [1.82, 2.24) is 5.32 Å². The van der Waals surface area contributed by atoms with E-state index in [1.165, 1.54) is 11.8 Å². The zero-order chi connectivity index (χ0) is 18.7. The molecule has 0 aromatic heterocycles. The lowest BCUT2D eigenvalue weighted by Crippen LogP contribution is -2.24. The predicted molar refractivity (Wildman–Crippen MR) is 108 cm³/mol. The van der Waals surface area contributed by atoms with E-state index in [1.54, 1.807) is 0 Å². The summed E-state index contributed by atoms with van der Waals surface area (Å²) >= 11 is 1.48. The zero-order valence-electron chi connectivity index (χ0n) is 15.1. The SMILES string of the molecule is CCCCCNC(=O)c1ccc(C)c(NC2=N[C@H]3CS(=O)(=O)C[C@@H]3S2)c1. The Morgan fingerprint density at radius 2 is 2.12 bits per heavy atom. The van der Waals surface area contributed by atoms with Crippen LogP contribution in [0.5, 0.6) is 0 Å². The van der Waals surface area contributed by atoms with Gasteiger partial charge in [-0.2, -0.15) is 0 Å². The fourth-order valence-electron chi connectivity index (χ4n) is 3.11. The van der Waals surface area contributed by atoms with Gasteiger partial charge in [-0.15, -0.1) is 0 Å². The number of benzene rings is 1. The maximum Gasteiger partial charge on any atom is 0.251 e. The van der Waals surface area contributed by atoms with E-state index >= 15 is 0 Å². The molecule has 8 heteroatoms. The van der Waals surface area contributed by atoms with Gasteiger partial charge in [0.1, 0.15) is 0 Å². The van der Waals surface area contributed by atoms with E-state index in [2.05, 4.69) is 22.5 Å². The van der Waals surface area contributed by atoms with Crippen LogP contribution in [0.25, 0.3) is 0 Å². The number of rotatable bonds is 6. The van der Waals surface area contributed by atoms with Crippen molar-refractivity contribution >= 4 is 38.4 Å². The fraction of sp³-hybridized carbons (Fsp3) is 0.556. The lowest BCUT2D eigenvalue weighted by Gasteiger charge is -2.12. The number of thioether (sulfide) groups is 1. The van der Waals surface area contributed by atoms with Crippen LogP contribution in [0.1, 0.15) is 42.1 Å². The molecule has 2 N–H and O–H groups in total. The van der Waals surface area contributed by atoms with Crippen LogP contribution >= 0.6 is 11.8 Å². The van der Waals surface area contributed by atoms with Crippen molar-refractivity contribution in [1.29, 1.82) is 0 Å². The summed E-state index contributed by atoms with van der Waals surface area (Å²) in [5.41, 5.74) is 2.46. The first-order valence-electron chi connectivity index (χ1n) is 8.98. The Balaban J connectivity index is 1.65. The van der Waals surface area contributed by atoms with Crippen molar-refractivity contribution in [3.05, 3.63) is 29.3 Å². The van der Waals surface area contributed by atoms with Crippen LogP contribution in [0, 0.1) is 6.92 Å². The molecule has 1 saturated heterocycles. The van der Waals surface area contributed by atoms with Crippen molar-refractivity contribution in [3.63, 3.8) is 0 Å². The molecule has 0 aliphatic carbocycles. The number of aryl methyl sites for hydroxylation is 1. The van der Waals surface area contributed by atoms with Crippen LogP contribution in [0.2, 0.25) is 0 Å². The lowest BCUT2D eigenvalue weighted by atomic mass is 10.1. The van der Waals surface area contributed by atoms with E-state index in [1.807, 2.05) is 25.1 Å². The van der Waals surface area contributed by atoms with E-state index in [4.69, 9.17) is 0 Å². The van der Waals surface area contributed by atoms with Crippen LogP contribution in [0.3, 0.4) is 0 Å². The number of aliphatic imine (C=N–C) groups is 1. The summed E-state index contributed by atoms with van der Waals surface area (Å²) in [6, 6.07) is 5.41. The highest BCUT2D eigenvalue weighted by Crippen LogP contribution is 2.35. The summed E-state index contributed by atoms with van der Waals surface area (Å²) < 4.78 is 23.3. The van der Waals surface area contributed by atoms with Gasteiger partial charge in [-0.3, -0.25) is 9.79 Å². The van der Waals surface area contributed by atoms with Crippen LogP contribution in [-0.4, -0.2) is 48.8 Å². The molecule has 26 heavy (non-hydrogen) atoms. The third kappa shape index (κ3) is 4.59. The number of amidine groups is 1. The summed E-state index contributed by atoms with van der Waals surface area (Å²) in [5, 5.41) is 6.96. The minimum atomic E-state index is -2.95. The molecule has 1 aromatic carbocycles. The van der Waals surface area contributed by atoms with Gasteiger partial charge in [-0.25, -0.2) is 8.42 Å². The zero-order valence-corrected chi connectivity index (χ0v) is 16.8. The number of anilines is 1. The Morgan fingerprint density at radius 1 is 1.31 bits per heavy atom. The number of unbranched alkanes of at least 4 members (excludes halogenated alkanes) is 2. The number of fused-ring (bicyclic) bond motifs is 1. The van der Waals surface area contributed by atoms with Crippen LogP contribution in [0.4, 0.5) is 5.69 Å². The summed E-state index contributed by atoms with van der Waals surface area (Å²) in [6.07, 6.45) is 3.21. The normalized spacial score (nSPS) is 23.4. The predicted octanol–water partition coefficient (Wildman–Crippen LogP) is 2.60. The van der Waals surface area contributed by atoms with E-state index < -0.39 is 9.84 Å². The average Bonchev–Trinajstić information content (AvgIpc) is 3.06. The third-order valence-electron chi connectivity index (χ3n) is 4.63. The maximum absolute atomic E-state index is 12.3. The largest absolute Gasteiger partial charge is 0.352 e. The molecule has 1 aromatic rings. The Hall–Kier alpha value is -1.54. The standard InChI is InChI=1S/C18H25N3O3S2/c1-3-4-5-8-19-17(22)13-7-6-12(2)14(9-13)20-18-21-15-10-26(23,24)11-16(15)25-18/h6-7,9,15-16H,3-5,8,10-11H2,1-2H3,(H,19,22)(H,20,21)/t15-,16-/m0/s1. The Bertz CT molecular complexity index is 821. The Morgan fingerprint density at radius 3 is 2.85 bits per heavy atom. The van der Waals surface area contributed by atoms with Gasteiger partial charge in [0.2, 0.25) is 0 Å². The molecule has 2 aliphatic rings. The van der Waals surface area contributed by atoms with Crippen molar-refractivity contribution < 1.29 is 13.2 Å². The Kier molecular flexibility index (Phi) is 5.92. The second-order valence-corrected chi connectivity index (χ2v) is 10.2. The lowest BCUT2D eigenvalue weighted by molar-refractivity contribution is 0.0953. The highest BCUT2D eigenvalue weighted by Gasteiger charge is 2.42. The number of carbonyl (C=O) groups is 1. The molecule has 0 radical (unpaired) electrons. The number of hydrogen-bond donors (Lipinski definition) is 2. The quantitative estimate of drug-likeness (QED) is 0.723. The molecule has 6 nitrogen and oxygen atoms in total. The molecule has 0 saturated carbocycles. The van der Waals surface area contributed by atoms with Crippen molar-refractivity contribution in [2.24, 2.45) is 4.99 Å². The Labute approximate surface area is 159 Å². The number of sulfone groups is 1. The molecule has 2 heterocycles. The first kappa shape index (κ1) is 19.2. The van der Waals surface area contributed by atoms with Gasteiger partial charge in [0.05, 0.1) is 17.5 Å². The minimum Gasteiger partial charge on any atom is -0.352 e. The number of amides is 1. The maximum atomic E-state index is 12.3. The van der Waals surface area contributed by atoms with Crippen LogP contribution < -0.4 is 10.6 Å². The van der Waals surface area contributed by atoms with E-state index in [0.29, 0.717) is 12.1 Å². The molecular weight excluding hydrogens is 370 g/mol. The first-order chi connectivity index (χ1) is 12.4. The number of carbonyl (C=O) groups excluding carboxylic acids is 1. The number of nitrogens with zero attached hydrogens (tertiary/aromatic N) is 1. The first-order valence-corrected chi connectivity index (χ1v) is 11.7. The smallest absolute Gasteiger partial charge is 0.251 e. The molecule has 1 fully saturated rings. The molecule has 0 unspecified atom stereocenters. The monoisotopic (exact) mass is 395 g/mol. The van der Waals surface area contributed by atoms with Gasteiger partial charge < -0.3 is 10.6 Å². The molecule has 1 amide bonds. The van der Waals surface area contributed by atoms with Crippen molar-refractivity contribution in [2.45, 2.75) is 44.4 Å². The fourth-order valence-corrected chi connectivity index (χ4v) is 6.78. The molecule has 2 aliphatic heterocycles. The third-order valence-corrected chi connectivity index (χ3v) is 7.77. The van der Waals surface area contributed by atoms with Gasteiger partial charge in [-0.05, 0) is 31.0 Å². The van der Waals surface area contributed by atoms with E-state index in [0.717, 1.165) is 35.7 Å². The summed E-state index contributed by atoms with van der Waals surface area (Å²) in [6.45, 7) is 4.79. The topological polar surface area (TPSA) is 87.6 Å². The molecule has 142 valence electrons. The van der Waals surface area contributed by atoms with Gasteiger partial charge in [0, 0.05) is 23.0 Å². The molecular formula is C18H25N3O3S2. The molecule has 0 bridgehead atoms. The summed E-state index contributed by atoms with van der Waals surface area (Å²) in [4.78, 5) is 16.8. The van der Waals surface area contributed by atoms with Gasteiger partial charge >= 0.3 is 0 Å². The van der Waals surface area contributed by atoms with E-state index in [-0.39, 0.29) is 28.7 Å². The summed E-state index contributed by atoms with van der Waals surface area (Å²) in [7, 11) is -2.95. The molecule has 0 spiro atoms. The van der Waals surface area contributed by atoms with Crippen LogP contribution in [-0.2, 0) is 9.84 Å². The van der Waals surface area contributed by atoms with Crippen LogP contribution in [0.15, 0.2) is 23.2 Å².